The van der Waals surface area contributed by atoms with Gasteiger partial charge in [0.2, 0.25) is 5.91 Å². The zero-order valence-electron chi connectivity index (χ0n) is 12.8. The molecule has 0 bridgehead atoms. The predicted octanol–water partition coefficient (Wildman–Crippen LogP) is 1.90. The van der Waals surface area contributed by atoms with E-state index >= 15 is 0 Å². The fourth-order valence-corrected chi connectivity index (χ4v) is 2.12. The molecule has 23 heavy (non-hydrogen) atoms. The molecule has 3 N–H and O–H groups in total. The largest absolute Gasteiger partial charge is 0.332 e. The monoisotopic (exact) mass is 335 g/mol. The summed E-state index contributed by atoms with van der Waals surface area (Å²) < 4.78 is 1.56. The maximum Gasteiger partial charge on any atom is 0.315 e. The first-order valence-corrected chi connectivity index (χ1v) is 7.42. The number of anilines is 1. The molecule has 1 heterocycles. The number of nitrogens with zero attached hydrogens (tertiary/aromatic N) is 2. The molecule has 0 aliphatic heterocycles. The van der Waals surface area contributed by atoms with Crippen LogP contribution in [0.5, 0.6) is 0 Å². The van der Waals surface area contributed by atoms with E-state index in [2.05, 4.69) is 21.0 Å². The fraction of sp³-hybridized carbons (Fsp3) is 0.267. The summed E-state index contributed by atoms with van der Waals surface area (Å²) in [6, 6.07) is 7.88. The molecule has 1 aromatic heterocycles. The van der Waals surface area contributed by atoms with E-state index in [1.807, 2.05) is 18.2 Å². The van der Waals surface area contributed by atoms with Crippen molar-refractivity contribution in [3.63, 3.8) is 0 Å². The summed E-state index contributed by atoms with van der Waals surface area (Å²) in [6.07, 6.45) is 1.65. The van der Waals surface area contributed by atoms with E-state index in [0.29, 0.717) is 16.4 Å². The maximum absolute atomic E-state index is 12.0. The first-order valence-electron chi connectivity index (χ1n) is 7.04. The molecule has 122 valence electrons. The summed E-state index contributed by atoms with van der Waals surface area (Å²) in [5, 5.41) is 12.5. The van der Waals surface area contributed by atoms with Crippen molar-refractivity contribution in [1.29, 1.82) is 0 Å². The third-order valence-electron chi connectivity index (χ3n) is 3.05. The van der Waals surface area contributed by atoms with Gasteiger partial charge in [-0.2, -0.15) is 5.10 Å². The Morgan fingerprint density at radius 3 is 2.61 bits per heavy atom. The number of amides is 3. The van der Waals surface area contributed by atoms with Gasteiger partial charge in [0, 0.05) is 18.9 Å². The second kappa shape index (κ2) is 7.64. The first kappa shape index (κ1) is 16.8. The molecule has 0 saturated heterocycles. The van der Waals surface area contributed by atoms with Gasteiger partial charge in [0.25, 0.3) is 0 Å². The summed E-state index contributed by atoms with van der Waals surface area (Å²) in [5.41, 5.74) is 1.23. The van der Waals surface area contributed by atoms with Gasteiger partial charge < -0.3 is 16.0 Å². The van der Waals surface area contributed by atoms with Crippen molar-refractivity contribution in [3.05, 3.63) is 47.2 Å². The van der Waals surface area contributed by atoms with Crippen LogP contribution in [0.3, 0.4) is 0 Å². The van der Waals surface area contributed by atoms with Crippen LogP contribution in [-0.2, 0) is 18.4 Å². The fourth-order valence-electron chi connectivity index (χ4n) is 1.87. The number of hydrogen-bond acceptors (Lipinski definition) is 3. The summed E-state index contributed by atoms with van der Waals surface area (Å²) >= 11 is 5.96. The molecule has 0 aliphatic rings. The molecule has 8 heteroatoms. The van der Waals surface area contributed by atoms with Gasteiger partial charge in [-0.05, 0) is 19.1 Å². The second-order valence-corrected chi connectivity index (χ2v) is 5.41. The molecule has 3 amide bonds. The molecule has 2 aromatic rings. The molecule has 0 saturated carbocycles. The molecule has 0 radical (unpaired) electrons. The molecule has 2 rings (SSSR count). The molecule has 1 aromatic carbocycles. The quantitative estimate of drug-likeness (QED) is 0.779. The number of carbonyl (C=O) groups is 2. The van der Waals surface area contributed by atoms with Crippen LogP contribution in [0.4, 0.5) is 10.5 Å². The van der Waals surface area contributed by atoms with Crippen LogP contribution in [-0.4, -0.2) is 27.8 Å². The van der Waals surface area contributed by atoms with E-state index in [9.17, 15) is 9.59 Å². The van der Waals surface area contributed by atoms with E-state index in [-0.39, 0.29) is 12.5 Å². The molecule has 0 fully saturated rings. The Hall–Kier alpha value is -2.54. The van der Waals surface area contributed by atoms with E-state index in [4.69, 9.17) is 11.6 Å². The van der Waals surface area contributed by atoms with Crippen molar-refractivity contribution in [2.75, 3.05) is 5.32 Å². The second-order valence-electron chi connectivity index (χ2n) is 5.00. The van der Waals surface area contributed by atoms with Crippen molar-refractivity contribution in [2.45, 2.75) is 19.5 Å². The zero-order valence-corrected chi connectivity index (χ0v) is 13.6. The molecule has 0 spiro atoms. The molecular formula is C15H18ClN5O2. The van der Waals surface area contributed by atoms with Crippen LogP contribution in [0.25, 0.3) is 0 Å². The van der Waals surface area contributed by atoms with E-state index < -0.39 is 12.1 Å². The number of hydrogen-bond donors (Lipinski definition) is 3. The van der Waals surface area contributed by atoms with Gasteiger partial charge >= 0.3 is 6.03 Å². The SMILES string of the molecule is CC(NC(=O)NCc1nn(C)cc1Cl)C(=O)Nc1ccccc1. The van der Waals surface area contributed by atoms with Crippen LogP contribution >= 0.6 is 11.6 Å². The molecule has 7 nitrogen and oxygen atoms in total. The van der Waals surface area contributed by atoms with Crippen LogP contribution in [0.15, 0.2) is 36.5 Å². The smallest absolute Gasteiger partial charge is 0.315 e. The Bertz CT molecular complexity index is 686. The maximum atomic E-state index is 12.0. The normalized spacial score (nSPS) is 11.6. The lowest BCUT2D eigenvalue weighted by Gasteiger charge is -2.14. The lowest BCUT2D eigenvalue weighted by atomic mass is 10.2. The van der Waals surface area contributed by atoms with Crippen molar-refractivity contribution in [1.82, 2.24) is 20.4 Å². The van der Waals surface area contributed by atoms with Gasteiger partial charge in [-0.15, -0.1) is 0 Å². The van der Waals surface area contributed by atoms with Crippen molar-refractivity contribution < 1.29 is 9.59 Å². The lowest BCUT2D eigenvalue weighted by molar-refractivity contribution is -0.117. The Labute approximate surface area is 139 Å². The highest BCUT2D eigenvalue weighted by atomic mass is 35.5. The van der Waals surface area contributed by atoms with Gasteiger partial charge in [-0.3, -0.25) is 9.48 Å². The Morgan fingerprint density at radius 2 is 2.00 bits per heavy atom. The Balaban J connectivity index is 1.80. The molecule has 0 aliphatic carbocycles. The highest BCUT2D eigenvalue weighted by Gasteiger charge is 2.16. The highest BCUT2D eigenvalue weighted by molar-refractivity contribution is 6.31. The van der Waals surface area contributed by atoms with Gasteiger partial charge in [0.1, 0.15) is 11.7 Å². The summed E-state index contributed by atoms with van der Waals surface area (Å²) in [5.74, 6) is -0.304. The average Bonchev–Trinajstić information content (AvgIpc) is 2.84. The number of urea groups is 1. The number of halogens is 1. The van der Waals surface area contributed by atoms with Crippen molar-refractivity contribution in [2.24, 2.45) is 7.05 Å². The number of rotatable bonds is 5. The average molecular weight is 336 g/mol. The summed E-state index contributed by atoms with van der Waals surface area (Å²) in [4.78, 5) is 23.8. The predicted molar refractivity (Wildman–Crippen MR) is 88.1 cm³/mol. The molecule has 1 unspecified atom stereocenters. The van der Waals surface area contributed by atoms with Crippen LogP contribution in [0.2, 0.25) is 5.02 Å². The third-order valence-corrected chi connectivity index (χ3v) is 3.37. The number of nitrogens with one attached hydrogen (secondary N) is 3. The highest BCUT2D eigenvalue weighted by Crippen LogP contribution is 2.12. The third kappa shape index (κ3) is 5.00. The van der Waals surface area contributed by atoms with E-state index in [0.717, 1.165) is 0 Å². The van der Waals surface area contributed by atoms with E-state index in [1.165, 1.54) is 0 Å². The number of benzene rings is 1. The molecular weight excluding hydrogens is 318 g/mol. The summed E-state index contributed by atoms with van der Waals surface area (Å²) in [6.45, 7) is 1.78. The summed E-state index contributed by atoms with van der Waals surface area (Å²) in [7, 11) is 1.74. The lowest BCUT2D eigenvalue weighted by Crippen LogP contribution is -2.46. The Kier molecular flexibility index (Phi) is 5.59. The minimum atomic E-state index is -0.686. The van der Waals surface area contributed by atoms with Gasteiger partial charge in [-0.25, -0.2) is 4.79 Å². The minimum absolute atomic E-state index is 0.179. The van der Waals surface area contributed by atoms with Crippen LogP contribution in [0, 0.1) is 0 Å². The topological polar surface area (TPSA) is 88.1 Å². The van der Waals surface area contributed by atoms with Gasteiger partial charge in [-0.1, -0.05) is 29.8 Å². The number of aromatic nitrogens is 2. The van der Waals surface area contributed by atoms with Crippen molar-refractivity contribution >= 4 is 29.2 Å². The van der Waals surface area contributed by atoms with Gasteiger partial charge in [0.05, 0.1) is 11.6 Å². The van der Waals surface area contributed by atoms with Crippen LogP contribution < -0.4 is 16.0 Å². The van der Waals surface area contributed by atoms with Crippen molar-refractivity contribution in [3.8, 4) is 0 Å². The first-order chi connectivity index (χ1) is 11.0. The number of carbonyl (C=O) groups excluding carboxylic acids is 2. The number of para-hydroxylation sites is 1. The standard InChI is InChI=1S/C15H18ClN5O2/c1-10(14(22)19-11-6-4-3-5-7-11)18-15(23)17-8-13-12(16)9-21(2)20-13/h3-7,9-10H,8H2,1-2H3,(H,19,22)(H2,17,18,23). The Morgan fingerprint density at radius 1 is 1.30 bits per heavy atom. The van der Waals surface area contributed by atoms with Crippen LogP contribution in [0.1, 0.15) is 12.6 Å². The number of aryl methyl sites for hydroxylation is 1. The zero-order chi connectivity index (χ0) is 16.8. The minimum Gasteiger partial charge on any atom is -0.332 e. The molecule has 1 atom stereocenters. The van der Waals surface area contributed by atoms with E-state index in [1.54, 1.807) is 37.0 Å². The van der Waals surface area contributed by atoms with Gasteiger partial charge in [0.15, 0.2) is 0 Å².